The van der Waals surface area contributed by atoms with E-state index in [1.807, 2.05) is 39.0 Å². The Balaban J connectivity index is 1.87. The first kappa shape index (κ1) is 23.7. The number of carbonyl (C=O) groups is 1. The normalized spacial score (nSPS) is 20.1. The van der Waals surface area contributed by atoms with Crippen molar-refractivity contribution in [3.8, 4) is 0 Å². The number of nitrogens with zero attached hydrogens (tertiary/aromatic N) is 2. The zero-order valence-electron chi connectivity index (χ0n) is 19.0. The summed E-state index contributed by atoms with van der Waals surface area (Å²) in [7, 11) is 0. The Morgan fingerprint density at radius 3 is 2.56 bits per heavy atom. The van der Waals surface area contributed by atoms with Crippen LogP contribution in [0, 0.1) is 5.92 Å². The number of aliphatic hydroxyl groups excluding tert-OH is 1. The maximum absolute atomic E-state index is 13.1. The Kier molecular flexibility index (Phi) is 6.88. The van der Waals surface area contributed by atoms with E-state index in [4.69, 9.17) is 0 Å². The Labute approximate surface area is 187 Å². The van der Waals surface area contributed by atoms with Gasteiger partial charge in [0.15, 0.2) is 0 Å². The van der Waals surface area contributed by atoms with Crippen LogP contribution in [0.1, 0.15) is 53.0 Å². The molecule has 2 aromatic heterocycles. The highest BCUT2D eigenvalue weighted by atomic mass is 19.3. The van der Waals surface area contributed by atoms with E-state index in [9.17, 15) is 18.7 Å². The number of amides is 1. The van der Waals surface area contributed by atoms with Gasteiger partial charge in [-0.05, 0) is 56.9 Å². The summed E-state index contributed by atoms with van der Waals surface area (Å²) >= 11 is 0. The third kappa shape index (κ3) is 5.10. The third-order valence-electron chi connectivity index (χ3n) is 5.83. The molecule has 2 aromatic rings. The van der Waals surface area contributed by atoms with E-state index in [0.717, 1.165) is 39.7 Å². The average molecular weight is 442 g/mol. The van der Waals surface area contributed by atoms with Crippen LogP contribution < -0.4 is 5.32 Å². The maximum atomic E-state index is 13.1. The second-order valence-electron chi connectivity index (χ2n) is 8.29. The summed E-state index contributed by atoms with van der Waals surface area (Å²) in [5.74, 6) is -4.71. The van der Waals surface area contributed by atoms with E-state index in [-0.39, 0.29) is 5.82 Å². The van der Waals surface area contributed by atoms with E-state index < -0.39 is 30.3 Å². The molecule has 1 fully saturated rings. The van der Waals surface area contributed by atoms with Gasteiger partial charge in [-0.1, -0.05) is 24.6 Å². The Morgan fingerprint density at radius 2 is 2.00 bits per heavy atom. The number of anilines is 1. The van der Waals surface area contributed by atoms with Gasteiger partial charge < -0.3 is 10.4 Å². The number of hydrogen-bond donors (Lipinski definition) is 2. The van der Waals surface area contributed by atoms with Crippen molar-refractivity contribution in [3.05, 3.63) is 59.0 Å². The first-order chi connectivity index (χ1) is 15.1. The van der Waals surface area contributed by atoms with Gasteiger partial charge in [-0.15, -0.1) is 0 Å². The number of nitrogens with one attached hydrogen (secondary N) is 1. The third-order valence-corrected chi connectivity index (χ3v) is 5.83. The standard InChI is InChI=1S/C25H29F2N3O2/c1-6-14(3)20(16(5)31)8-15(4)19(7-2)17-9-18-13-29-23(10-22(18)28-12-17)30-24(32)21-11-25(21,26)27/h7-10,12-13,16,21,31H,6,11H2,1-5H3,(H,29,30,32)/b15-8-,19-7+,20-14-. The van der Waals surface area contributed by atoms with Crippen LogP contribution in [0.4, 0.5) is 14.6 Å². The van der Waals surface area contributed by atoms with Gasteiger partial charge in [0.1, 0.15) is 11.7 Å². The predicted octanol–water partition coefficient (Wildman–Crippen LogP) is 5.68. The molecule has 0 bridgehead atoms. The number of allylic oxidation sites excluding steroid dienone is 4. The van der Waals surface area contributed by atoms with Crippen molar-refractivity contribution < 1.29 is 18.7 Å². The molecule has 1 aliphatic carbocycles. The summed E-state index contributed by atoms with van der Waals surface area (Å²) in [5.41, 5.74) is 5.51. The van der Waals surface area contributed by atoms with E-state index in [2.05, 4.69) is 22.2 Å². The molecular formula is C25H29F2N3O2. The minimum absolute atomic E-state index is 0.203. The number of carbonyl (C=O) groups excluding carboxylic acids is 1. The molecule has 1 amide bonds. The number of halogens is 2. The van der Waals surface area contributed by atoms with Crippen molar-refractivity contribution in [3.63, 3.8) is 0 Å². The summed E-state index contributed by atoms with van der Waals surface area (Å²) in [6, 6.07) is 3.52. The Hall–Kier alpha value is -2.93. The second kappa shape index (κ2) is 9.28. The monoisotopic (exact) mass is 441 g/mol. The van der Waals surface area contributed by atoms with Gasteiger partial charge in [0, 0.05) is 35.8 Å². The van der Waals surface area contributed by atoms with Crippen molar-refractivity contribution in [2.45, 2.75) is 59.5 Å². The van der Waals surface area contributed by atoms with Gasteiger partial charge in [-0.2, -0.15) is 0 Å². The maximum Gasteiger partial charge on any atom is 0.260 e. The molecule has 7 heteroatoms. The molecule has 32 heavy (non-hydrogen) atoms. The van der Waals surface area contributed by atoms with Crippen LogP contribution in [0.25, 0.3) is 16.5 Å². The summed E-state index contributed by atoms with van der Waals surface area (Å²) in [4.78, 5) is 20.6. The number of alkyl halides is 2. The molecule has 3 rings (SSSR count). The highest BCUT2D eigenvalue weighted by molar-refractivity contribution is 5.96. The summed E-state index contributed by atoms with van der Waals surface area (Å²) < 4.78 is 26.2. The number of aromatic nitrogens is 2. The highest BCUT2D eigenvalue weighted by Gasteiger charge is 2.61. The molecule has 5 nitrogen and oxygen atoms in total. The smallest absolute Gasteiger partial charge is 0.260 e. The second-order valence-corrected chi connectivity index (χ2v) is 8.29. The fraction of sp³-hybridized carbons (Fsp3) is 0.400. The molecule has 0 radical (unpaired) electrons. The fourth-order valence-electron chi connectivity index (χ4n) is 3.69. The van der Waals surface area contributed by atoms with Gasteiger partial charge in [-0.3, -0.25) is 9.78 Å². The van der Waals surface area contributed by atoms with Crippen LogP contribution in [0.2, 0.25) is 0 Å². The van der Waals surface area contributed by atoms with Gasteiger partial charge in [0.2, 0.25) is 5.91 Å². The SMILES string of the molecule is C\C=C(/C(C)=C\C(=C(/C)CC)C(C)O)c1cnc2cc(NC(=O)C3CC3(F)F)ncc2c1. The van der Waals surface area contributed by atoms with Gasteiger partial charge in [0.05, 0.1) is 11.6 Å². The minimum Gasteiger partial charge on any atom is -0.389 e. The number of rotatable bonds is 7. The lowest BCUT2D eigenvalue weighted by atomic mass is 9.94. The lowest BCUT2D eigenvalue weighted by molar-refractivity contribution is -0.119. The van der Waals surface area contributed by atoms with Crippen LogP contribution in [-0.2, 0) is 4.79 Å². The number of aliphatic hydroxyl groups is 1. The highest BCUT2D eigenvalue weighted by Crippen LogP contribution is 2.49. The number of fused-ring (bicyclic) bond motifs is 1. The van der Waals surface area contributed by atoms with Crippen LogP contribution in [0.3, 0.4) is 0 Å². The van der Waals surface area contributed by atoms with Gasteiger partial charge in [-0.25, -0.2) is 13.8 Å². The molecule has 170 valence electrons. The van der Waals surface area contributed by atoms with Crippen LogP contribution in [-0.4, -0.2) is 33.0 Å². The lowest BCUT2D eigenvalue weighted by Crippen LogP contribution is -2.18. The van der Waals surface area contributed by atoms with Crippen molar-refractivity contribution in [2.75, 3.05) is 5.32 Å². The summed E-state index contributed by atoms with van der Waals surface area (Å²) in [6.45, 7) is 9.78. The molecule has 2 N–H and O–H groups in total. The Morgan fingerprint density at radius 1 is 1.31 bits per heavy atom. The molecule has 1 saturated carbocycles. The van der Waals surface area contributed by atoms with Crippen molar-refractivity contribution in [1.29, 1.82) is 0 Å². The first-order valence-corrected chi connectivity index (χ1v) is 10.7. The van der Waals surface area contributed by atoms with Crippen LogP contribution >= 0.6 is 0 Å². The van der Waals surface area contributed by atoms with Crippen LogP contribution in [0.5, 0.6) is 0 Å². The zero-order valence-corrected chi connectivity index (χ0v) is 19.0. The van der Waals surface area contributed by atoms with Gasteiger partial charge in [0.25, 0.3) is 5.92 Å². The quantitative estimate of drug-likeness (QED) is 0.542. The van der Waals surface area contributed by atoms with Crippen molar-refractivity contribution in [2.24, 2.45) is 5.92 Å². The lowest BCUT2D eigenvalue weighted by Gasteiger charge is -2.14. The van der Waals surface area contributed by atoms with Crippen molar-refractivity contribution in [1.82, 2.24) is 9.97 Å². The molecule has 2 unspecified atom stereocenters. The number of pyridine rings is 2. The zero-order chi connectivity index (χ0) is 23.6. The molecule has 0 aliphatic heterocycles. The number of hydrogen-bond acceptors (Lipinski definition) is 4. The largest absolute Gasteiger partial charge is 0.389 e. The Bertz CT molecular complexity index is 1130. The summed E-state index contributed by atoms with van der Waals surface area (Å²) in [6.07, 6.45) is 7.18. The molecule has 2 atom stereocenters. The average Bonchev–Trinajstić information content (AvgIpc) is 3.40. The predicted molar refractivity (Wildman–Crippen MR) is 123 cm³/mol. The van der Waals surface area contributed by atoms with E-state index in [1.54, 1.807) is 25.4 Å². The fourth-order valence-corrected chi connectivity index (χ4v) is 3.69. The molecule has 0 saturated heterocycles. The van der Waals surface area contributed by atoms with E-state index in [1.165, 1.54) is 0 Å². The molecule has 1 aliphatic rings. The molecule has 0 spiro atoms. The van der Waals surface area contributed by atoms with Crippen LogP contribution in [0.15, 0.2) is 53.4 Å². The minimum atomic E-state index is -2.92. The summed E-state index contributed by atoms with van der Waals surface area (Å²) in [5, 5.41) is 13.4. The van der Waals surface area contributed by atoms with E-state index >= 15 is 0 Å². The molecule has 0 aromatic carbocycles. The van der Waals surface area contributed by atoms with Gasteiger partial charge >= 0.3 is 0 Å². The molecule has 2 heterocycles. The van der Waals surface area contributed by atoms with Crippen molar-refractivity contribution >= 4 is 28.2 Å². The topological polar surface area (TPSA) is 75.1 Å². The first-order valence-electron chi connectivity index (χ1n) is 10.7. The molecular weight excluding hydrogens is 412 g/mol. The van der Waals surface area contributed by atoms with E-state index in [0.29, 0.717) is 5.52 Å².